The van der Waals surface area contributed by atoms with E-state index in [2.05, 4.69) is 51.8 Å². The van der Waals surface area contributed by atoms with Gasteiger partial charge in [0.1, 0.15) is 0 Å². The van der Waals surface area contributed by atoms with E-state index in [0.29, 0.717) is 29.7 Å². The van der Waals surface area contributed by atoms with Gasteiger partial charge in [0.15, 0.2) is 0 Å². The largest absolute Gasteiger partial charge is 0.322 e. The van der Waals surface area contributed by atoms with E-state index in [4.69, 9.17) is 0 Å². The SMILES string of the molecule is CCC(C)C1NC(C(C)C)N(C2CCC(C)CC2C)C1=O. The van der Waals surface area contributed by atoms with Crippen molar-refractivity contribution in [2.75, 3.05) is 0 Å². The molecule has 2 aliphatic rings. The Kier molecular flexibility index (Phi) is 5.34. The summed E-state index contributed by atoms with van der Waals surface area (Å²) in [6, 6.07) is 0.455. The molecule has 3 nitrogen and oxygen atoms in total. The highest BCUT2D eigenvalue weighted by atomic mass is 16.2. The minimum Gasteiger partial charge on any atom is -0.322 e. The zero-order valence-electron chi connectivity index (χ0n) is 14.7. The molecule has 2 fully saturated rings. The lowest BCUT2D eigenvalue weighted by molar-refractivity contribution is -0.135. The zero-order valence-corrected chi connectivity index (χ0v) is 14.7. The summed E-state index contributed by atoms with van der Waals surface area (Å²) < 4.78 is 0. The van der Waals surface area contributed by atoms with Crippen molar-refractivity contribution in [3.05, 3.63) is 0 Å². The van der Waals surface area contributed by atoms with Gasteiger partial charge < -0.3 is 4.90 Å². The van der Waals surface area contributed by atoms with Crippen molar-refractivity contribution in [3.8, 4) is 0 Å². The summed E-state index contributed by atoms with van der Waals surface area (Å²) in [5.41, 5.74) is 0. The third kappa shape index (κ3) is 3.28. The van der Waals surface area contributed by atoms with E-state index >= 15 is 0 Å². The third-order valence-corrected chi connectivity index (χ3v) is 5.76. The second-order valence-corrected chi connectivity index (χ2v) is 7.93. The van der Waals surface area contributed by atoms with E-state index in [1.807, 2.05) is 0 Å². The molecule has 6 unspecified atom stereocenters. The molecule has 1 saturated carbocycles. The quantitative estimate of drug-likeness (QED) is 0.858. The van der Waals surface area contributed by atoms with Gasteiger partial charge in [-0.2, -0.15) is 0 Å². The summed E-state index contributed by atoms with van der Waals surface area (Å²) in [4.78, 5) is 15.2. The normalized spacial score (nSPS) is 39.1. The van der Waals surface area contributed by atoms with Crippen molar-refractivity contribution in [1.82, 2.24) is 10.2 Å². The maximum atomic E-state index is 13.0. The van der Waals surface area contributed by atoms with Crippen LogP contribution in [0, 0.1) is 23.7 Å². The van der Waals surface area contributed by atoms with Crippen LogP contribution in [0.15, 0.2) is 0 Å². The Morgan fingerprint density at radius 1 is 1.24 bits per heavy atom. The van der Waals surface area contributed by atoms with Gasteiger partial charge in [0, 0.05) is 6.04 Å². The lowest BCUT2D eigenvalue weighted by atomic mass is 9.78. The first-order valence-electron chi connectivity index (χ1n) is 8.95. The van der Waals surface area contributed by atoms with Crippen molar-refractivity contribution in [3.63, 3.8) is 0 Å². The van der Waals surface area contributed by atoms with Gasteiger partial charge in [0.2, 0.25) is 5.91 Å². The molecule has 1 saturated heterocycles. The van der Waals surface area contributed by atoms with Gasteiger partial charge in [0.05, 0.1) is 12.2 Å². The van der Waals surface area contributed by atoms with Crippen LogP contribution in [0.3, 0.4) is 0 Å². The van der Waals surface area contributed by atoms with Crippen LogP contribution in [0.1, 0.15) is 67.2 Å². The Balaban J connectivity index is 2.20. The molecule has 0 radical (unpaired) electrons. The molecule has 1 aliphatic carbocycles. The van der Waals surface area contributed by atoms with Gasteiger partial charge >= 0.3 is 0 Å². The van der Waals surface area contributed by atoms with E-state index < -0.39 is 0 Å². The Bertz CT molecular complexity index is 368. The second-order valence-electron chi connectivity index (χ2n) is 7.93. The van der Waals surface area contributed by atoms with Crippen molar-refractivity contribution < 1.29 is 4.79 Å². The molecule has 1 amide bonds. The molecule has 3 heteroatoms. The van der Waals surface area contributed by atoms with E-state index in [9.17, 15) is 4.79 Å². The van der Waals surface area contributed by atoms with Crippen LogP contribution in [0.2, 0.25) is 0 Å². The number of hydrogen-bond donors (Lipinski definition) is 1. The van der Waals surface area contributed by atoms with Crippen LogP contribution in [-0.4, -0.2) is 29.1 Å². The van der Waals surface area contributed by atoms with Gasteiger partial charge in [0.25, 0.3) is 0 Å². The van der Waals surface area contributed by atoms with Crippen LogP contribution in [0.25, 0.3) is 0 Å². The lowest BCUT2D eigenvalue weighted by Crippen LogP contribution is -2.51. The molecule has 21 heavy (non-hydrogen) atoms. The standard InChI is InChI=1S/C18H34N2O/c1-7-13(5)16-18(21)20(17(19-16)11(2)3)15-9-8-12(4)10-14(15)6/h11-17,19H,7-10H2,1-6H3. The van der Waals surface area contributed by atoms with Gasteiger partial charge in [-0.1, -0.05) is 48.0 Å². The summed E-state index contributed by atoms with van der Waals surface area (Å²) in [7, 11) is 0. The Morgan fingerprint density at radius 2 is 1.90 bits per heavy atom. The fraction of sp³-hybridized carbons (Fsp3) is 0.944. The van der Waals surface area contributed by atoms with Gasteiger partial charge in [-0.05, 0) is 42.9 Å². The Labute approximate surface area is 130 Å². The fourth-order valence-corrected chi connectivity index (χ4v) is 4.22. The van der Waals surface area contributed by atoms with Crippen molar-refractivity contribution in [2.24, 2.45) is 23.7 Å². The number of amides is 1. The summed E-state index contributed by atoms with van der Waals surface area (Å²) >= 11 is 0. The highest BCUT2D eigenvalue weighted by Gasteiger charge is 2.47. The van der Waals surface area contributed by atoms with Crippen LogP contribution >= 0.6 is 0 Å². The topological polar surface area (TPSA) is 32.3 Å². The molecule has 122 valence electrons. The molecule has 0 aromatic carbocycles. The first kappa shape index (κ1) is 16.8. The van der Waals surface area contributed by atoms with E-state index in [1.165, 1.54) is 19.3 Å². The predicted octanol–water partition coefficient (Wildman–Crippen LogP) is 3.64. The number of carbonyl (C=O) groups excluding carboxylic acids is 1. The minimum absolute atomic E-state index is 0.0222. The van der Waals surface area contributed by atoms with E-state index in [1.54, 1.807) is 0 Å². The van der Waals surface area contributed by atoms with Crippen molar-refractivity contribution >= 4 is 5.91 Å². The highest BCUT2D eigenvalue weighted by molar-refractivity contribution is 5.85. The van der Waals surface area contributed by atoms with Crippen LogP contribution in [-0.2, 0) is 4.79 Å². The highest BCUT2D eigenvalue weighted by Crippen LogP contribution is 2.36. The third-order valence-electron chi connectivity index (χ3n) is 5.76. The molecule has 0 bridgehead atoms. The van der Waals surface area contributed by atoms with Gasteiger partial charge in [-0.3, -0.25) is 10.1 Å². The Morgan fingerprint density at radius 3 is 2.43 bits per heavy atom. The first-order chi connectivity index (χ1) is 9.86. The lowest BCUT2D eigenvalue weighted by Gasteiger charge is -2.42. The van der Waals surface area contributed by atoms with Crippen molar-refractivity contribution in [1.29, 1.82) is 0 Å². The van der Waals surface area contributed by atoms with Crippen LogP contribution in [0.5, 0.6) is 0 Å². The maximum absolute atomic E-state index is 13.0. The number of nitrogens with one attached hydrogen (secondary N) is 1. The fourth-order valence-electron chi connectivity index (χ4n) is 4.22. The second kappa shape index (κ2) is 6.68. The summed E-state index contributed by atoms with van der Waals surface area (Å²) in [5, 5.41) is 3.65. The number of carbonyl (C=O) groups is 1. The smallest absolute Gasteiger partial charge is 0.241 e. The van der Waals surface area contributed by atoms with E-state index in [0.717, 1.165) is 12.3 Å². The number of nitrogens with zero attached hydrogens (tertiary/aromatic N) is 1. The van der Waals surface area contributed by atoms with Crippen LogP contribution < -0.4 is 5.32 Å². The van der Waals surface area contributed by atoms with Crippen LogP contribution in [0.4, 0.5) is 0 Å². The molecule has 0 aromatic rings. The minimum atomic E-state index is 0.0222. The molecule has 1 N–H and O–H groups in total. The van der Waals surface area contributed by atoms with Gasteiger partial charge in [-0.15, -0.1) is 0 Å². The summed E-state index contributed by atoms with van der Waals surface area (Å²) in [6.07, 6.45) is 4.97. The molecular weight excluding hydrogens is 260 g/mol. The number of rotatable bonds is 4. The predicted molar refractivity (Wildman–Crippen MR) is 87.8 cm³/mol. The van der Waals surface area contributed by atoms with E-state index in [-0.39, 0.29) is 12.2 Å². The average molecular weight is 294 g/mol. The average Bonchev–Trinajstić information content (AvgIpc) is 2.76. The molecule has 0 aromatic heterocycles. The molecule has 0 spiro atoms. The zero-order chi connectivity index (χ0) is 15.7. The summed E-state index contributed by atoms with van der Waals surface area (Å²) in [5.74, 6) is 2.67. The van der Waals surface area contributed by atoms with Crippen molar-refractivity contribution in [2.45, 2.75) is 85.5 Å². The first-order valence-corrected chi connectivity index (χ1v) is 8.95. The molecule has 1 heterocycles. The molecular formula is C18H34N2O. The number of hydrogen-bond acceptors (Lipinski definition) is 2. The molecule has 2 rings (SSSR count). The maximum Gasteiger partial charge on any atom is 0.241 e. The molecule has 6 atom stereocenters. The molecule has 1 aliphatic heterocycles. The summed E-state index contributed by atoms with van der Waals surface area (Å²) in [6.45, 7) is 13.5. The van der Waals surface area contributed by atoms with Gasteiger partial charge in [-0.25, -0.2) is 0 Å². The monoisotopic (exact) mass is 294 g/mol. The Hall–Kier alpha value is -0.570.